The van der Waals surface area contributed by atoms with Crippen LogP contribution in [0.2, 0.25) is 0 Å². The van der Waals surface area contributed by atoms with Gasteiger partial charge in [0, 0.05) is 18.4 Å². The molecule has 0 fully saturated rings. The smallest absolute Gasteiger partial charge is 0.251 e. The Balaban J connectivity index is 2.77. The fourth-order valence-corrected chi connectivity index (χ4v) is 2.42. The van der Waals surface area contributed by atoms with Crippen LogP contribution in [0.15, 0.2) is 23.1 Å². The average Bonchev–Trinajstić information content (AvgIpc) is 2.33. The van der Waals surface area contributed by atoms with Crippen LogP contribution in [0.5, 0.6) is 0 Å². The van der Waals surface area contributed by atoms with Gasteiger partial charge in [-0.15, -0.1) is 0 Å². The van der Waals surface area contributed by atoms with Crippen LogP contribution in [-0.2, 0) is 9.84 Å². The van der Waals surface area contributed by atoms with Gasteiger partial charge in [0.15, 0.2) is 9.84 Å². The van der Waals surface area contributed by atoms with E-state index in [0.717, 1.165) is 24.8 Å². The highest BCUT2D eigenvalue weighted by molar-refractivity contribution is 7.90. The topological polar surface area (TPSA) is 66.5 Å². The highest BCUT2D eigenvalue weighted by atomic mass is 32.2. The zero-order valence-corrected chi connectivity index (χ0v) is 13.3. The molecular weight excluding hydrogens is 276 g/mol. The predicted molar refractivity (Wildman–Crippen MR) is 79.8 cm³/mol. The molecule has 1 aromatic rings. The van der Waals surface area contributed by atoms with Crippen LogP contribution in [0, 0.1) is 6.92 Å². The molecule has 0 aliphatic heterocycles. The standard InChI is InChI=1S/C14H22N2O3S/c1-11-6-7-12(20(4,18)19)10-13(11)14(17)15-8-5-9-16(2)3/h6-7,10H,5,8-9H2,1-4H3,(H,15,17). The van der Waals surface area contributed by atoms with Crippen molar-refractivity contribution in [1.29, 1.82) is 0 Å². The van der Waals surface area contributed by atoms with Gasteiger partial charge >= 0.3 is 0 Å². The molecular formula is C14H22N2O3S. The lowest BCUT2D eigenvalue weighted by Crippen LogP contribution is -2.27. The highest BCUT2D eigenvalue weighted by Crippen LogP contribution is 2.15. The number of rotatable bonds is 6. The van der Waals surface area contributed by atoms with E-state index >= 15 is 0 Å². The lowest BCUT2D eigenvalue weighted by atomic mass is 10.1. The van der Waals surface area contributed by atoms with E-state index in [9.17, 15) is 13.2 Å². The maximum Gasteiger partial charge on any atom is 0.251 e. The van der Waals surface area contributed by atoms with Crippen LogP contribution in [0.4, 0.5) is 0 Å². The van der Waals surface area contributed by atoms with Crippen LogP contribution in [-0.4, -0.2) is 52.7 Å². The van der Waals surface area contributed by atoms with Gasteiger partial charge in [0.1, 0.15) is 0 Å². The van der Waals surface area contributed by atoms with Crippen molar-refractivity contribution in [3.05, 3.63) is 29.3 Å². The van der Waals surface area contributed by atoms with Gasteiger partial charge in [-0.3, -0.25) is 4.79 Å². The molecule has 0 saturated heterocycles. The van der Waals surface area contributed by atoms with Crippen molar-refractivity contribution in [2.45, 2.75) is 18.2 Å². The Morgan fingerprint density at radius 3 is 2.50 bits per heavy atom. The first-order chi connectivity index (χ1) is 9.21. The van der Waals surface area contributed by atoms with Gasteiger partial charge in [0.05, 0.1) is 4.90 Å². The number of nitrogens with zero attached hydrogens (tertiary/aromatic N) is 1. The van der Waals surface area contributed by atoms with E-state index in [1.807, 2.05) is 19.0 Å². The maximum absolute atomic E-state index is 12.1. The molecule has 0 spiro atoms. The third kappa shape index (κ3) is 4.94. The summed E-state index contributed by atoms with van der Waals surface area (Å²) in [4.78, 5) is 14.3. The number of sulfone groups is 1. The minimum Gasteiger partial charge on any atom is -0.352 e. The van der Waals surface area contributed by atoms with Gasteiger partial charge in [-0.2, -0.15) is 0 Å². The second kappa shape index (κ2) is 6.85. The highest BCUT2D eigenvalue weighted by Gasteiger charge is 2.14. The second-order valence-electron chi connectivity index (χ2n) is 5.16. The molecule has 6 heteroatoms. The first-order valence-electron chi connectivity index (χ1n) is 6.45. The van der Waals surface area contributed by atoms with Crippen molar-refractivity contribution in [3.63, 3.8) is 0 Å². The van der Waals surface area contributed by atoms with E-state index in [4.69, 9.17) is 0 Å². The first-order valence-corrected chi connectivity index (χ1v) is 8.34. The Hall–Kier alpha value is -1.40. The van der Waals surface area contributed by atoms with Gasteiger partial charge in [0.2, 0.25) is 0 Å². The van der Waals surface area contributed by atoms with E-state index in [0.29, 0.717) is 12.1 Å². The van der Waals surface area contributed by atoms with Crippen molar-refractivity contribution >= 4 is 15.7 Å². The van der Waals surface area contributed by atoms with Crippen molar-refractivity contribution in [2.75, 3.05) is 33.4 Å². The molecule has 5 nitrogen and oxygen atoms in total. The average molecular weight is 298 g/mol. The normalized spacial score (nSPS) is 11.7. The number of hydrogen-bond acceptors (Lipinski definition) is 4. The molecule has 1 amide bonds. The minimum absolute atomic E-state index is 0.168. The second-order valence-corrected chi connectivity index (χ2v) is 7.18. The number of benzene rings is 1. The Bertz CT molecular complexity index is 580. The summed E-state index contributed by atoms with van der Waals surface area (Å²) in [6.07, 6.45) is 1.99. The first kappa shape index (κ1) is 16.7. The Morgan fingerprint density at radius 1 is 1.30 bits per heavy atom. The molecule has 112 valence electrons. The molecule has 0 aliphatic rings. The van der Waals surface area contributed by atoms with Gasteiger partial charge in [-0.05, 0) is 51.7 Å². The molecule has 0 aliphatic carbocycles. The molecule has 20 heavy (non-hydrogen) atoms. The molecule has 0 radical (unpaired) electrons. The monoisotopic (exact) mass is 298 g/mol. The van der Waals surface area contributed by atoms with Crippen molar-refractivity contribution < 1.29 is 13.2 Å². The van der Waals surface area contributed by atoms with Crippen LogP contribution < -0.4 is 5.32 Å². The number of carbonyl (C=O) groups is 1. The van der Waals surface area contributed by atoms with E-state index < -0.39 is 9.84 Å². The van der Waals surface area contributed by atoms with Crippen LogP contribution in [0.25, 0.3) is 0 Å². The number of aryl methyl sites for hydroxylation is 1. The van der Waals surface area contributed by atoms with Gasteiger partial charge < -0.3 is 10.2 Å². The van der Waals surface area contributed by atoms with Crippen molar-refractivity contribution in [2.24, 2.45) is 0 Å². The summed E-state index contributed by atoms with van der Waals surface area (Å²) in [6.45, 7) is 3.25. The van der Waals surface area contributed by atoms with Gasteiger partial charge in [-0.1, -0.05) is 6.07 Å². The largest absolute Gasteiger partial charge is 0.352 e. The summed E-state index contributed by atoms with van der Waals surface area (Å²) in [5.41, 5.74) is 1.18. The number of hydrogen-bond donors (Lipinski definition) is 1. The summed E-state index contributed by atoms with van der Waals surface area (Å²) in [7, 11) is 0.649. The summed E-state index contributed by atoms with van der Waals surface area (Å²) in [5.74, 6) is -0.230. The Kier molecular flexibility index (Phi) is 5.71. The third-order valence-electron chi connectivity index (χ3n) is 2.95. The summed E-state index contributed by atoms with van der Waals surface area (Å²) in [6, 6.07) is 4.62. The molecule has 0 heterocycles. The predicted octanol–water partition coefficient (Wildman–Crippen LogP) is 1.08. The molecule has 0 unspecified atom stereocenters. The summed E-state index contributed by atoms with van der Waals surface area (Å²) in [5, 5.41) is 2.81. The molecule has 0 aromatic heterocycles. The fourth-order valence-electron chi connectivity index (χ4n) is 1.77. The molecule has 1 aromatic carbocycles. The fraction of sp³-hybridized carbons (Fsp3) is 0.500. The van der Waals surface area contributed by atoms with Gasteiger partial charge in [-0.25, -0.2) is 8.42 Å². The molecule has 0 saturated carbocycles. The molecule has 1 rings (SSSR count). The lowest BCUT2D eigenvalue weighted by molar-refractivity contribution is 0.0951. The quantitative estimate of drug-likeness (QED) is 0.798. The van der Waals surface area contributed by atoms with E-state index in [1.165, 1.54) is 12.1 Å². The summed E-state index contributed by atoms with van der Waals surface area (Å²) >= 11 is 0. The Labute approximate surface area is 120 Å². The van der Waals surface area contributed by atoms with E-state index in [2.05, 4.69) is 5.32 Å². The minimum atomic E-state index is -3.30. The lowest BCUT2D eigenvalue weighted by Gasteiger charge is -2.11. The van der Waals surface area contributed by atoms with Crippen LogP contribution in [0.1, 0.15) is 22.3 Å². The van der Waals surface area contributed by atoms with Crippen molar-refractivity contribution in [1.82, 2.24) is 10.2 Å². The molecule has 0 bridgehead atoms. The Morgan fingerprint density at radius 2 is 1.95 bits per heavy atom. The zero-order chi connectivity index (χ0) is 15.3. The van der Waals surface area contributed by atoms with Crippen molar-refractivity contribution in [3.8, 4) is 0 Å². The SMILES string of the molecule is Cc1ccc(S(C)(=O)=O)cc1C(=O)NCCCN(C)C. The zero-order valence-electron chi connectivity index (χ0n) is 12.4. The van der Waals surface area contributed by atoms with Crippen LogP contribution >= 0.6 is 0 Å². The van der Waals surface area contributed by atoms with E-state index in [1.54, 1.807) is 13.0 Å². The third-order valence-corrected chi connectivity index (χ3v) is 4.06. The molecule has 0 atom stereocenters. The number of carbonyl (C=O) groups excluding carboxylic acids is 1. The van der Waals surface area contributed by atoms with Gasteiger partial charge in [0.25, 0.3) is 5.91 Å². The number of amides is 1. The number of nitrogens with one attached hydrogen (secondary N) is 1. The van der Waals surface area contributed by atoms with E-state index in [-0.39, 0.29) is 10.8 Å². The summed E-state index contributed by atoms with van der Waals surface area (Å²) < 4.78 is 23.0. The van der Waals surface area contributed by atoms with Crippen LogP contribution in [0.3, 0.4) is 0 Å². The maximum atomic E-state index is 12.1. The molecule has 1 N–H and O–H groups in total.